The highest BCUT2D eigenvalue weighted by molar-refractivity contribution is 5.96. The lowest BCUT2D eigenvalue weighted by Crippen LogP contribution is -2.36. The molecule has 1 N–H and O–H groups in total. The lowest BCUT2D eigenvalue weighted by Gasteiger charge is -2.28. The van der Waals surface area contributed by atoms with Crippen molar-refractivity contribution in [3.63, 3.8) is 0 Å². The Balaban J connectivity index is 1.70. The number of aryl methyl sites for hydroxylation is 2. The fraction of sp³-hybridized carbons (Fsp3) is 0.250. The first-order valence-corrected chi connectivity index (χ1v) is 8.08. The average molecular weight is 304 g/mol. The predicted molar refractivity (Wildman–Crippen MR) is 92.7 cm³/mol. The number of H-pyrrole nitrogens is 1. The molecule has 3 heteroatoms. The van der Waals surface area contributed by atoms with Crippen LogP contribution in [-0.4, -0.2) is 22.3 Å². The first kappa shape index (κ1) is 14.1. The Morgan fingerprint density at radius 2 is 1.96 bits per heavy atom. The summed E-state index contributed by atoms with van der Waals surface area (Å²) < 4.78 is 0. The van der Waals surface area contributed by atoms with Gasteiger partial charge in [-0.15, -0.1) is 0 Å². The van der Waals surface area contributed by atoms with Crippen LogP contribution in [0.1, 0.15) is 32.7 Å². The van der Waals surface area contributed by atoms with E-state index in [0.29, 0.717) is 6.54 Å². The Labute approximate surface area is 135 Å². The summed E-state index contributed by atoms with van der Waals surface area (Å²) in [6, 6.07) is 14.3. The second-order valence-corrected chi connectivity index (χ2v) is 6.42. The van der Waals surface area contributed by atoms with Crippen molar-refractivity contribution in [2.75, 3.05) is 6.54 Å². The smallest absolute Gasteiger partial charge is 0.254 e. The molecular formula is C20H20N2O. The van der Waals surface area contributed by atoms with Gasteiger partial charge in [0.05, 0.1) is 0 Å². The van der Waals surface area contributed by atoms with Crippen molar-refractivity contribution >= 4 is 16.8 Å². The van der Waals surface area contributed by atoms with Crippen LogP contribution in [0, 0.1) is 13.8 Å². The number of nitrogens with one attached hydrogen (secondary N) is 1. The number of amides is 1. The van der Waals surface area contributed by atoms with Gasteiger partial charge in [-0.2, -0.15) is 0 Å². The maximum Gasteiger partial charge on any atom is 0.254 e. The number of hydrogen-bond acceptors (Lipinski definition) is 1. The molecule has 3 aromatic rings. The zero-order valence-electron chi connectivity index (χ0n) is 13.5. The largest absolute Gasteiger partial charge is 0.358 e. The van der Waals surface area contributed by atoms with Crippen LogP contribution in [0.3, 0.4) is 0 Å². The fourth-order valence-corrected chi connectivity index (χ4v) is 3.49. The van der Waals surface area contributed by atoms with E-state index >= 15 is 0 Å². The van der Waals surface area contributed by atoms with Crippen molar-refractivity contribution in [1.82, 2.24) is 9.88 Å². The molecule has 3 nitrogen and oxygen atoms in total. The van der Waals surface area contributed by atoms with Crippen molar-refractivity contribution < 1.29 is 4.79 Å². The van der Waals surface area contributed by atoms with Gasteiger partial charge >= 0.3 is 0 Å². The van der Waals surface area contributed by atoms with Crippen LogP contribution < -0.4 is 0 Å². The third-order valence-corrected chi connectivity index (χ3v) is 4.79. The van der Waals surface area contributed by atoms with Crippen LogP contribution in [0.2, 0.25) is 0 Å². The summed E-state index contributed by atoms with van der Waals surface area (Å²) in [5, 5.41) is 1.24. The third kappa shape index (κ3) is 2.33. The summed E-state index contributed by atoms with van der Waals surface area (Å²) in [5.74, 6) is 0.134. The number of carbonyl (C=O) groups is 1. The fourth-order valence-electron chi connectivity index (χ4n) is 3.49. The van der Waals surface area contributed by atoms with Crippen LogP contribution >= 0.6 is 0 Å². The van der Waals surface area contributed by atoms with Gasteiger partial charge in [0.25, 0.3) is 5.91 Å². The first-order chi connectivity index (χ1) is 11.1. The number of rotatable bonds is 1. The number of aromatic nitrogens is 1. The molecule has 0 bridgehead atoms. The molecule has 0 fully saturated rings. The van der Waals surface area contributed by atoms with Gasteiger partial charge in [-0.05, 0) is 37.1 Å². The normalized spacial score (nSPS) is 14.1. The monoisotopic (exact) mass is 304 g/mol. The molecule has 0 saturated carbocycles. The molecule has 0 radical (unpaired) electrons. The molecule has 116 valence electrons. The Morgan fingerprint density at radius 3 is 2.78 bits per heavy atom. The Morgan fingerprint density at radius 1 is 1.13 bits per heavy atom. The second kappa shape index (κ2) is 5.27. The topological polar surface area (TPSA) is 36.1 Å². The summed E-state index contributed by atoms with van der Waals surface area (Å²) in [6.45, 7) is 5.56. The van der Waals surface area contributed by atoms with Crippen LogP contribution in [0.4, 0.5) is 0 Å². The Kier molecular flexibility index (Phi) is 3.22. The number of fused-ring (bicyclic) bond motifs is 3. The SMILES string of the molecule is Cc1ccc2c3c([nH]c2c1)CCN(C(=O)c1ccccc1C)C3. The van der Waals surface area contributed by atoms with E-state index in [1.165, 1.54) is 27.7 Å². The summed E-state index contributed by atoms with van der Waals surface area (Å²) in [4.78, 5) is 18.4. The van der Waals surface area contributed by atoms with Crippen molar-refractivity contribution in [1.29, 1.82) is 0 Å². The van der Waals surface area contributed by atoms with E-state index in [9.17, 15) is 4.79 Å². The van der Waals surface area contributed by atoms with E-state index in [1.807, 2.05) is 36.1 Å². The van der Waals surface area contributed by atoms with Gasteiger partial charge < -0.3 is 9.88 Å². The minimum absolute atomic E-state index is 0.134. The molecule has 1 aromatic heterocycles. The number of aromatic amines is 1. The van der Waals surface area contributed by atoms with Gasteiger partial charge in [-0.25, -0.2) is 0 Å². The Hall–Kier alpha value is -2.55. The summed E-state index contributed by atoms with van der Waals surface area (Å²) >= 11 is 0. The second-order valence-electron chi connectivity index (χ2n) is 6.42. The highest BCUT2D eigenvalue weighted by atomic mass is 16.2. The van der Waals surface area contributed by atoms with E-state index in [-0.39, 0.29) is 5.91 Å². The van der Waals surface area contributed by atoms with Crippen LogP contribution in [0.5, 0.6) is 0 Å². The minimum Gasteiger partial charge on any atom is -0.358 e. The molecule has 0 spiro atoms. The van der Waals surface area contributed by atoms with Gasteiger partial charge in [0, 0.05) is 47.2 Å². The van der Waals surface area contributed by atoms with Crippen molar-refractivity contribution in [2.24, 2.45) is 0 Å². The summed E-state index contributed by atoms with van der Waals surface area (Å²) in [5.41, 5.74) is 6.83. The molecule has 1 aliphatic heterocycles. The van der Waals surface area contributed by atoms with Gasteiger partial charge in [0.2, 0.25) is 0 Å². The molecule has 0 atom stereocenters. The standard InChI is InChI=1S/C20H20N2O/c1-13-7-8-16-17-12-22(10-9-18(17)21-19(16)11-13)20(23)15-6-4-3-5-14(15)2/h3-8,11,21H,9-10,12H2,1-2H3. The van der Waals surface area contributed by atoms with Gasteiger partial charge in [-0.1, -0.05) is 30.3 Å². The highest BCUT2D eigenvalue weighted by Gasteiger charge is 2.25. The lowest BCUT2D eigenvalue weighted by atomic mass is 10.0. The molecule has 4 rings (SSSR count). The molecule has 1 amide bonds. The van der Waals surface area contributed by atoms with Gasteiger partial charge in [0.15, 0.2) is 0 Å². The van der Waals surface area contributed by atoms with Gasteiger partial charge in [0.1, 0.15) is 0 Å². The van der Waals surface area contributed by atoms with E-state index in [0.717, 1.165) is 24.1 Å². The van der Waals surface area contributed by atoms with Crippen LogP contribution in [-0.2, 0) is 13.0 Å². The maximum absolute atomic E-state index is 12.9. The lowest BCUT2D eigenvalue weighted by molar-refractivity contribution is 0.0734. The molecule has 0 saturated heterocycles. The molecule has 0 unspecified atom stereocenters. The molecule has 2 heterocycles. The number of nitrogens with zero attached hydrogens (tertiary/aromatic N) is 1. The first-order valence-electron chi connectivity index (χ1n) is 8.08. The van der Waals surface area contributed by atoms with Crippen molar-refractivity contribution in [3.05, 3.63) is 70.4 Å². The van der Waals surface area contributed by atoms with Crippen LogP contribution in [0.25, 0.3) is 10.9 Å². The minimum atomic E-state index is 0.134. The molecule has 0 aliphatic carbocycles. The quantitative estimate of drug-likeness (QED) is 0.725. The van der Waals surface area contributed by atoms with Crippen molar-refractivity contribution in [3.8, 4) is 0 Å². The zero-order valence-corrected chi connectivity index (χ0v) is 13.5. The number of hydrogen-bond donors (Lipinski definition) is 1. The van der Waals surface area contributed by atoms with E-state index in [4.69, 9.17) is 0 Å². The van der Waals surface area contributed by atoms with Crippen molar-refractivity contribution in [2.45, 2.75) is 26.8 Å². The Bertz CT molecular complexity index is 907. The van der Waals surface area contributed by atoms with Crippen LogP contribution in [0.15, 0.2) is 42.5 Å². The number of carbonyl (C=O) groups excluding carboxylic acids is 1. The summed E-state index contributed by atoms with van der Waals surface area (Å²) in [6.07, 6.45) is 0.890. The van der Waals surface area contributed by atoms with Gasteiger partial charge in [-0.3, -0.25) is 4.79 Å². The van der Waals surface area contributed by atoms with E-state index in [2.05, 4.69) is 30.1 Å². The molecule has 1 aliphatic rings. The average Bonchev–Trinajstić information content (AvgIpc) is 2.91. The zero-order chi connectivity index (χ0) is 16.0. The summed E-state index contributed by atoms with van der Waals surface area (Å²) in [7, 11) is 0. The molecule has 23 heavy (non-hydrogen) atoms. The third-order valence-electron chi connectivity index (χ3n) is 4.79. The number of benzene rings is 2. The van der Waals surface area contributed by atoms with E-state index < -0.39 is 0 Å². The van der Waals surface area contributed by atoms with E-state index in [1.54, 1.807) is 0 Å². The maximum atomic E-state index is 12.9. The predicted octanol–water partition coefficient (Wildman–Crippen LogP) is 3.98. The molecular weight excluding hydrogens is 284 g/mol. The molecule has 2 aromatic carbocycles. The highest BCUT2D eigenvalue weighted by Crippen LogP contribution is 2.29.